The number of fused-ring (bicyclic) bond motifs is 2. The summed E-state index contributed by atoms with van der Waals surface area (Å²) in [5, 5.41) is 57.3. The van der Waals surface area contributed by atoms with Crippen LogP contribution in [0.4, 0.5) is 0 Å². The van der Waals surface area contributed by atoms with Crippen molar-refractivity contribution in [1.29, 1.82) is 0 Å². The molecule has 0 aromatic carbocycles. The number of rotatable bonds is 1. The largest absolute Gasteiger partial charge is 0.392 e. The molecule has 2 saturated heterocycles. The van der Waals surface area contributed by atoms with E-state index in [9.17, 15) is 25.5 Å². The number of aliphatic hydroxyl groups is 5. The lowest BCUT2D eigenvalue weighted by atomic mass is 9.35. The van der Waals surface area contributed by atoms with Crippen molar-refractivity contribution < 1.29 is 35.0 Å². The lowest BCUT2D eigenvalue weighted by molar-refractivity contribution is -0.524. The normalized spacial score (nSPS) is 61.8. The molecule has 2 spiro atoms. The van der Waals surface area contributed by atoms with E-state index in [1.165, 1.54) is 7.11 Å². The molecule has 11 atom stereocenters. The number of aliphatic hydroxyl groups excluding tert-OH is 4. The molecular formula is C21H32O7. The Balaban J connectivity index is 1.83. The molecule has 158 valence electrons. The van der Waals surface area contributed by atoms with Crippen molar-refractivity contribution in [2.75, 3.05) is 7.11 Å². The maximum atomic E-state index is 11.9. The van der Waals surface area contributed by atoms with Crippen LogP contribution in [0.5, 0.6) is 0 Å². The van der Waals surface area contributed by atoms with E-state index in [1.54, 1.807) is 0 Å². The summed E-state index contributed by atoms with van der Waals surface area (Å²) in [7, 11) is 1.47. The molecule has 6 aliphatic rings. The molecule has 0 amide bonds. The number of hydrogen-bond donors (Lipinski definition) is 5. The molecular weight excluding hydrogens is 364 g/mol. The summed E-state index contributed by atoms with van der Waals surface area (Å²) in [5.41, 5.74) is -2.50. The van der Waals surface area contributed by atoms with Gasteiger partial charge in [-0.2, -0.15) is 0 Å². The Labute approximate surface area is 165 Å². The Kier molecular flexibility index (Phi) is 3.73. The van der Waals surface area contributed by atoms with Crippen molar-refractivity contribution >= 4 is 0 Å². The van der Waals surface area contributed by atoms with Crippen molar-refractivity contribution in [2.45, 2.75) is 76.0 Å². The summed E-state index contributed by atoms with van der Waals surface area (Å²) < 4.78 is 11.7. The second-order valence-corrected chi connectivity index (χ2v) is 10.4. The van der Waals surface area contributed by atoms with Crippen LogP contribution in [0.3, 0.4) is 0 Å². The second kappa shape index (κ2) is 5.38. The monoisotopic (exact) mass is 396 g/mol. The highest BCUT2D eigenvalue weighted by Crippen LogP contribution is 2.78. The second-order valence-electron chi connectivity index (χ2n) is 10.4. The predicted octanol–water partition coefficient (Wildman–Crippen LogP) is 0.140. The zero-order valence-corrected chi connectivity index (χ0v) is 16.7. The van der Waals surface area contributed by atoms with Gasteiger partial charge in [-0.3, -0.25) is 0 Å². The van der Waals surface area contributed by atoms with Crippen LogP contribution >= 0.6 is 0 Å². The molecule has 7 nitrogen and oxygen atoms in total. The van der Waals surface area contributed by atoms with Crippen molar-refractivity contribution in [3.8, 4) is 0 Å². The van der Waals surface area contributed by atoms with Gasteiger partial charge in [-0.1, -0.05) is 20.4 Å². The first-order valence-corrected chi connectivity index (χ1v) is 10.4. The maximum absolute atomic E-state index is 11.9. The summed E-state index contributed by atoms with van der Waals surface area (Å²) in [4.78, 5) is 0. The molecule has 0 aromatic rings. The van der Waals surface area contributed by atoms with Gasteiger partial charge in [0.25, 0.3) is 0 Å². The lowest BCUT2D eigenvalue weighted by Crippen LogP contribution is -2.88. The van der Waals surface area contributed by atoms with Crippen LogP contribution in [0.15, 0.2) is 12.2 Å². The Bertz CT molecular complexity index is 724. The fourth-order valence-electron chi connectivity index (χ4n) is 8.44. The van der Waals surface area contributed by atoms with Crippen molar-refractivity contribution in [3.63, 3.8) is 0 Å². The number of hydrogen-bond acceptors (Lipinski definition) is 7. The fraction of sp³-hybridized carbons (Fsp3) is 0.905. The van der Waals surface area contributed by atoms with Gasteiger partial charge in [-0.05, 0) is 42.6 Å². The Morgan fingerprint density at radius 1 is 1.07 bits per heavy atom. The smallest absolute Gasteiger partial charge is 0.206 e. The van der Waals surface area contributed by atoms with Gasteiger partial charge in [-0.25, -0.2) is 0 Å². The Morgan fingerprint density at radius 3 is 2.39 bits per heavy atom. The molecule has 7 heteroatoms. The van der Waals surface area contributed by atoms with Gasteiger partial charge in [0.1, 0.15) is 6.10 Å². The quantitative estimate of drug-likeness (QED) is 0.400. The van der Waals surface area contributed by atoms with E-state index < -0.39 is 64.6 Å². The molecule has 2 heterocycles. The molecule has 28 heavy (non-hydrogen) atoms. The minimum Gasteiger partial charge on any atom is -0.392 e. The first-order valence-electron chi connectivity index (χ1n) is 10.4. The molecule has 2 aliphatic heterocycles. The number of methoxy groups -OCH3 is 1. The van der Waals surface area contributed by atoms with Gasteiger partial charge in [0.2, 0.25) is 5.79 Å². The molecule has 0 aromatic heterocycles. The van der Waals surface area contributed by atoms with Crippen LogP contribution < -0.4 is 0 Å². The summed E-state index contributed by atoms with van der Waals surface area (Å²) in [6.45, 7) is 8.05. The Hall–Kier alpha value is -0.540. The SMILES string of the molecule is C=C1C(O)[C@]23[C@H](O)[C@H]1CC[C@H]2[C@@]12C(OC)O[C@]3(O)[C@@H](O)[C@@H]1C(C)(C)CC[C@@H]2O. The highest BCUT2D eigenvalue weighted by molar-refractivity contribution is 5.38. The van der Waals surface area contributed by atoms with Crippen LogP contribution in [-0.4, -0.2) is 69.1 Å². The summed E-state index contributed by atoms with van der Waals surface area (Å²) in [5.74, 6) is -3.55. The van der Waals surface area contributed by atoms with Crippen LogP contribution in [-0.2, 0) is 9.47 Å². The first kappa shape index (κ1) is 19.4. The van der Waals surface area contributed by atoms with E-state index in [0.717, 1.165) is 0 Å². The highest BCUT2D eigenvalue weighted by Gasteiger charge is 2.88. The maximum Gasteiger partial charge on any atom is 0.206 e. The third-order valence-electron chi connectivity index (χ3n) is 9.36. The average Bonchev–Trinajstić information content (AvgIpc) is 2.75. The number of ether oxygens (including phenoxy) is 2. The van der Waals surface area contributed by atoms with Gasteiger partial charge in [0, 0.05) is 18.9 Å². The zero-order chi connectivity index (χ0) is 20.4. The van der Waals surface area contributed by atoms with Gasteiger partial charge >= 0.3 is 0 Å². The molecule has 5 N–H and O–H groups in total. The average molecular weight is 396 g/mol. The van der Waals surface area contributed by atoms with E-state index in [1.807, 2.05) is 13.8 Å². The molecule has 4 saturated carbocycles. The standard InChI is InChI=1S/C21H32O7/c1-9-10-5-6-11-19-12(22)7-8-18(2,3)13(19)16(25)21(26,28-17(19)27-4)20(11,14(9)23)15(10)24/h10-17,22-26H,1,5-8H2,2-4H3/t10-,11-,12-,13+,14?,15+,16-,17?,19-,20-,21+/m0/s1. The molecule has 0 radical (unpaired) electrons. The zero-order valence-electron chi connectivity index (χ0n) is 16.7. The molecule has 6 fully saturated rings. The van der Waals surface area contributed by atoms with Crippen molar-refractivity contribution in [3.05, 3.63) is 12.2 Å². The predicted molar refractivity (Wildman–Crippen MR) is 97.6 cm³/mol. The van der Waals surface area contributed by atoms with Crippen LogP contribution in [0.2, 0.25) is 0 Å². The summed E-state index contributed by atoms with van der Waals surface area (Å²) >= 11 is 0. The fourth-order valence-corrected chi connectivity index (χ4v) is 8.44. The molecule has 4 aliphatic carbocycles. The Morgan fingerprint density at radius 2 is 1.75 bits per heavy atom. The lowest BCUT2D eigenvalue weighted by Gasteiger charge is -2.77. The van der Waals surface area contributed by atoms with Crippen LogP contribution in [0.1, 0.15) is 39.5 Å². The van der Waals surface area contributed by atoms with E-state index in [0.29, 0.717) is 31.3 Å². The van der Waals surface area contributed by atoms with E-state index in [-0.39, 0.29) is 5.92 Å². The minimum atomic E-state index is -2.20. The highest BCUT2D eigenvalue weighted by atomic mass is 16.8. The van der Waals surface area contributed by atoms with Crippen LogP contribution in [0, 0.1) is 34.0 Å². The van der Waals surface area contributed by atoms with E-state index >= 15 is 0 Å². The topological polar surface area (TPSA) is 120 Å². The van der Waals surface area contributed by atoms with Crippen molar-refractivity contribution in [1.82, 2.24) is 0 Å². The summed E-state index contributed by atoms with van der Waals surface area (Å²) in [6.07, 6.45) is -3.14. The molecule has 2 unspecified atom stereocenters. The van der Waals surface area contributed by atoms with Gasteiger partial charge in [0.05, 0.1) is 29.1 Å². The van der Waals surface area contributed by atoms with Crippen molar-refractivity contribution in [2.24, 2.45) is 34.0 Å². The molecule has 6 rings (SSSR count). The minimum absolute atomic E-state index is 0.366. The molecule has 4 bridgehead atoms. The van der Waals surface area contributed by atoms with Gasteiger partial charge in [-0.15, -0.1) is 0 Å². The first-order chi connectivity index (χ1) is 13.0. The van der Waals surface area contributed by atoms with Crippen LogP contribution in [0.25, 0.3) is 0 Å². The third kappa shape index (κ3) is 1.64. The summed E-state index contributed by atoms with van der Waals surface area (Å²) in [6, 6.07) is 0. The van der Waals surface area contributed by atoms with E-state index in [2.05, 4.69) is 6.58 Å². The third-order valence-corrected chi connectivity index (χ3v) is 9.36. The van der Waals surface area contributed by atoms with Gasteiger partial charge < -0.3 is 35.0 Å². The van der Waals surface area contributed by atoms with E-state index in [4.69, 9.17) is 9.47 Å². The van der Waals surface area contributed by atoms with Gasteiger partial charge in [0.15, 0.2) is 6.29 Å².